The fourth-order valence-electron chi connectivity index (χ4n) is 1.14. The summed E-state index contributed by atoms with van der Waals surface area (Å²) in [4.78, 5) is 11.5. The van der Waals surface area contributed by atoms with E-state index in [2.05, 4.69) is 5.32 Å². The second-order valence-electron chi connectivity index (χ2n) is 3.20. The number of amides is 1. The van der Waals surface area contributed by atoms with Crippen LogP contribution in [-0.2, 0) is 0 Å². The molecule has 82 valence electrons. The van der Waals surface area contributed by atoms with Crippen molar-refractivity contribution in [3.05, 3.63) is 29.8 Å². The van der Waals surface area contributed by atoms with E-state index in [1.807, 2.05) is 0 Å². The van der Waals surface area contributed by atoms with Gasteiger partial charge in [-0.2, -0.15) is 0 Å². The van der Waals surface area contributed by atoms with Gasteiger partial charge in [-0.25, -0.2) is 0 Å². The number of alkyl halides is 1. The Kier molecular flexibility index (Phi) is 4.98. The molecule has 1 aromatic carbocycles. The van der Waals surface area contributed by atoms with Gasteiger partial charge in [-0.05, 0) is 37.1 Å². The quantitative estimate of drug-likeness (QED) is 0.598. The largest absolute Gasteiger partial charge is 0.508 e. The molecule has 0 spiro atoms. The lowest BCUT2D eigenvalue weighted by Gasteiger charge is -2.04. The Labute approximate surface area is 94.1 Å². The normalized spacial score (nSPS) is 9.93. The van der Waals surface area contributed by atoms with E-state index in [0.29, 0.717) is 18.0 Å². The first kappa shape index (κ1) is 11.9. The predicted octanol–water partition coefficient (Wildman–Crippen LogP) is 2.14. The number of carbonyl (C=O) groups is 1. The number of phenolic OH excluding ortho intramolecular Hbond substituents is 1. The molecule has 0 radical (unpaired) electrons. The topological polar surface area (TPSA) is 49.3 Å². The molecule has 1 rings (SSSR count). The van der Waals surface area contributed by atoms with E-state index in [4.69, 9.17) is 16.7 Å². The van der Waals surface area contributed by atoms with Crippen molar-refractivity contribution in [3.63, 3.8) is 0 Å². The van der Waals surface area contributed by atoms with Crippen molar-refractivity contribution in [3.8, 4) is 5.75 Å². The van der Waals surface area contributed by atoms with E-state index < -0.39 is 0 Å². The van der Waals surface area contributed by atoms with Crippen LogP contribution in [0.15, 0.2) is 24.3 Å². The molecule has 0 aromatic heterocycles. The lowest BCUT2D eigenvalue weighted by Crippen LogP contribution is -2.24. The number of aromatic hydroxyl groups is 1. The summed E-state index contributed by atoms with van der Waals surface area (Å²) in [7, 11) is 0. The van der Waals surface area contributed by atoms with Crippen molar-refractivity contribution in [2.75, 3.05) is 12.4 Å². The van der Waals surface area contributed by atoms with E-state index in [-0.39, 0.29) is 11.7 Å². The number of nitrogens with one attached hydrogen (secondary N) is 1. The lowest BCUT2D eigenvalue weighted by atomic mass is 10.2. The van der Waals surface area contributed by atoms with Crippen LogP contribution in [0.25, 0.3) is 0 Å². The SMILES string of the molecule is O=C(NCCCCCl)c1ccc(O)cc1. The molecule has 0 aliphatic heterocycles. The highest BCUT2D eigenvalue weighted by atomic mass is 35.5. The average molecular weight is 228 g/mol. The molecule has 0 unspecified atom stereocenters. The Bertz CT molecular complexity index is 311. The maximum Gasteiger partial charge on any atom is 0.251 e. The van der Waals surface area contributed by atoms with Crippen molar-refractivity contribution >= 4 is 17.5 Å². The minimum Gasteiger partial charge on any atom is -0.508 e. The second-order valence-corrected chi connectivity index (χ2v) is 3.58. The smallest absolute Gasteiger partial charge is 0.251 e. The summed E-state index contributed by atoms with van der Waals surface area (Å²) >= 11 is 5.51. The van der Waals surface area contributed by atoms with Crippen LogP contribution in [0.3, 0.4) is 0 Å². The van der Waals surface area contributed by atoms with Gasteiger partial charge in [-0.3, -0.25) is 4.79 Å². The van der Waals surface area contributed by atoms with Gasteiger partial charge in [0.25, 0.3) is 5.91 Å². The van der Waals surface area contributed by atoms with Crippen LogP contribution >= 0.6 is 11.6 Å². The van der Waals surface area contributed by atoms with Gasteiger partial charge < -0.3 is 10.4 Å². The third-order valence-corrected chi connectivity index (χ3v) is 2.24. The molecule has 0 saturated heterocycles. The first-order chi connectivity index (χ1) is 7.24. The number of halogens is 1. The Hall–Kier alpha value is -1.22. The van der Waals surface area contributed by atoms with Gasteiger partial charge in [0.1, 0.15) is 5.75 Å². The van der Waals surface area contributed by atoms with Gasteiger partial charge in [-0.1, -0.05) is 0 Å². The summed E-state index contributed by atoms with van der Waals surface area (Å²) in [6.07, 6.45) is 1.78. The molecule has 2 N–H and O–H groups in total. The van der Waals surface area contributed by atoms with Crippen molar-refractivity contribution in [2.45, 2.75) is 12.8 Å². The fraction of sp³-hybridized carbons (Fsp3) is 0.364. The second kappa shape index (κ2) is 6.30. The molecule has 0 atom stereocenters. The van der Waals surface area contributed by atoms with Crippen LogP contribution in [0, 0.1) is 0 Å². The van der Waals surface area contributed by atoms with Gasteiger partial charge in [0.2, 0.25) is 0 Å². The number of phenols is 1. The molecule has 1 amide bonds. The third-order valence-electron chi connectivity index (χ3n) is 1.98. The number of hydrogen-bond donors (Lipinski definition) is 2. The number of unbranched alkanes of at least 4 members (excludes halogenated alkanes) is 1. The Balaban J connectivity index is 2.37. The zero-order chi connectivity index (χ0) is 11.1. The molecule has 1 aromatic rings. The van der Waals surface area contributed by atoms with Crippen LogP contribution in [0.2, 0.25) is 0 Å². The molecule has 15 heavy (non-hydrogen) atoms. The fourth-order valence-corrected chi connectivity index (χ4v) is 1.33. The Morgan fingerprint density at radius 1 is 1.27 bits per heavy atom. The number of rotatable bonds is 5. The van der Waals surface area contributed by atoms with Gasteiger partial charge in [0, 0.05) is 18.0 Å². The molecule has 0 saturated carbocycles. The standard InChI is InChI=1S/C11H14ClNO2/c12-7-1-2-8-13-11(15)9-3-5-10(14)6-4-9/h3-6,14H,1-2,7-8H2,(H,13,15). The number of benzene rings is 1. The summed E-state index contributed by atoms with van der Waals surface area (Å²) in [5.41, 5.74) is 0.554. The van der Waals surface area contributed by atoms with Gasteiger partial charge in [0.05, 0.1) is 0 Å². The zero-order valence-electron chi connectivity index (χ0n) is 8.37. The summed E-state index contributed by atoms with van der Waals surface area (Å²) in [5, 5.41) is 11.8. The van der Waals surface area contributed by atoms with E-state index in [9.17, 15) is 4.79 Å². The highest BCUT2D eigenvalue weighted by molar-refractivity contribution is 6.17. The molecule has 4 heteroatoms. The molecule has 0 fully saturated rings. The highest BCUT2D eigenvalue weighted by Crippen LogP contribution is 2.09. The van der Waals surface area contributed by atoms with E-state index in [0.717, 1.165) is 12.8 Å². The number of hydrogen-bond acceptors (Lipinski definition) is 2. The summed E-state index contributed by atoms with van der Waals surface area (Å²) in [6.45, 7) is 0.631. The monoisotopic (exact) mass is 227 g/mol. The van der Waals surface area contributed by atoms with Crippen LogP contribution in [-0.4, -0.2) is 23.4 Å². The van der Waals surface area contributed by atoms with Gasteiger partial charge in [0.15, 0.2) is 0 Å². The third kappa shape index (κ3) is 4.21. The maximum atomic E-state index is 11.5. The van der Waals surface area contributed by atoms with Crippen molar-refractivity contribution in [1.29, 1.82) is 0 Å². The number of carbonyl (C=O) groups excluding carboxylic acids is 1. The predicted molar refractivity (Wildman–Crippen MR) is 60.4 cm³/mol. The Morgan fingerprint density at radius 2 is 1.93 bits per heavy atom. The highest BCUT2D eigenvalue weighted by Gasteiger charge is 2.03. The maximum absolute atomic E-state index is 11.5. The van der Waals surface area contributed by atoms with E-state index >= 15 is 0 Å². The van der Waals surface area contributed by atoms with E-state index in [1.54, 1.807) is 12.1 Å². The lowest BCUT2D eigenvalue weighted by molar-refractivity contribution is 0.0953. The van der Waals surface area contributed by atoms with Crippen molar-refractivity contribution in [1.82, 2.24) is 5.32 Å². The summed E-state index contributed by atoms with van der Waals surface area (Å²) in [5.74, 6) is 0.660. The molecule has 0 heterocycles. The molecular formula is C11H14ClNO2. The summed E-state index contributed by atoms with van der Waals surface area (Å²) in [6, 6.07) is 6.17. The molecule has 3 nitrogen and oxygen atoms in total. The van der Waals surface area contributed by atoms with Crippen LogP contribution < -0.4 is 5.32 Å². The molecule has 0 bridgehead atoms. The van der Waals surface area contributed by atoms with Crippen molar-refractivity contribution in [2.24, 2.45) is 0 Å². The Morgan fingerprint density at radius 3 is 2.53 bits per heavy atom. The first-order valence-corrected chi connectivity index (χ1v) is 5.40. The molecular weight excluding hydrogens is 214 g/mol. The van der Waals surface area contributed by atoms with Crippen LogP contribution in [0.4, 0.5) is 0 Å². The van der Waals surface area contributed by atoms with Crippen LogP contribution in [0.5, 0.6) is 5.75 Å². The first-order valence-electron chi connectivity index (χ1n) is 4.87. The minimum atomic E-state index is -0.121. The van der Waals surface area contributed by atoms with E-state index in [1.165, 1.54) is 12.1 Å². The van der Waals surface area contributed by atoms with Gasteiger partial charge in [-0.15, -0.1) is 11.6 Å². The van der Waals surface area contributed by atoms with Gasteiger partial charge >= 0.3 is 0 Å². The minimum absolute atomic E-state index is 0.121. The average Bonchev–Trinajstić information content (AvgIpc) is 2.25. The molecule has 0 aliphatic rings. The van der Waals surface area contributed by atoms with Crippen molar-refractivity contribution < 1.29 is 9.90 Å². The summed E-state index contributed by atoms with van der Waals surface area (Å²) < 4.78 is 0. The van der Waals surface area contributed by atoms with Crippen LogP contribution in [0.1, 0.15) is 23.2 Å². The zero-order valence-corrected chi connectivity index (χ0v) is 9.13. The molecule has 0 aliphatic carbocycles.